The molecule has 0 spiro atoms. The van der Waals surface area contributed by atoms with Gasteiger partial charge in [-0.15, -0.1) is 0 Å². The van der Waals surface area contributed by atoms with Gasteiger partial charge in [0.05, 0.1) is 95.0 Å². The van der Waals surface area contributed by atoms with Crippen molar-refractivity contribution in [3.8, 4) is 23.0 Å². The van der Waals surface area contributed by atoms with Crippen molar-refractivity contribution in [2.24, 2.45) is 0 Å². The van der Waals surface area contributed by atoms with Gasteiger partial charge in [-0.05, 0) is 101 Å². The Morgan fingerprint density at radius 1 is 0.471 bits per heavy atom. The number of aliphatic hydroxyl groups is 5. The van der Waals surface area contributed by atoms with Gasteiger partial charge < -0.3 is 113 Å². The summed E-state index contributed by atoms with van der Waals surface area (Å²) in [7, 11) is 7.39. The Morgan fingerprint density at radius 3 is 1.22 bits per heavy atom. The van der Waals surface area contributed by atoms with Crippen LogP contribution in [0.5, 0.6) is 23.0 Å². The number of hydrogen-bond acceptors (Lipinski definition) is 25. The molecule has 2 aliphatic carbocycles. The van der Waals surface area contributed by atoms with E-state index in [1.165, 1.54) is 0 Å². The number of hydrogen-bond donors (Lipinski definition) is 9. The highest BCUT2D eigenvalue weighted by atomic mass is 16.8. The zero-order valence-electron chi connectivity index (χ0n) is 50.2. The number of phenols is 4. The molecule has 25 heteroatoms. The molecule has 0 bridgehead atoms. The molecule has 476 valence electrons. The minimum absolute atomic E-state index is 0.0481. The molecule has 6 fully saturated rings. The molecule has 6 heterocycles. The second-order valence-electron chi connectivity index (χ2n) is 25.0. The van der Waals surface area contributed by atoms with Crippen molar-refractivity contribution < 1.29 is 112 Å². The van der Waals surface area contributed by atoms with Crippen LogP contribution in [0.25, 0.3) is 0 Å². The third-order valence-corrected chi connectivity index (χ3v) is 18.8. The lowest BCUT2D eigenvalue weighted by Gasteiger charge is -2.50. The van der Waals surface area contributed by atoms with E-state index in [2.05, 4.69) is 0 Å². The van der Waals surface area contributed by atoms with Crippen LogP contribution < -0.4 is 0 Å². The molecule has 6 saturated heterocycles. The fraction of sp³-hybridized carbons (Fsp3) is 0.767. The summed E-state index contributed by atoms with van der Waals surface area (Å²) in [4.78, 5) is 33.0. The molecular formula is C60H88N2O23. The summed E-state index contributed by atoms with van der Waals surface area (Å²) in [6, 6.07) is 1.17. The number of nitrogens with zero attached hydrogens (tertiary/aromatic N) is 2. The number of rotatable bonds is 15. The molecule has 2 aromatic carbocycles. The number of carbonyl (C=O) groups excluding carboxylic acids is 2. The van der Waals surface area contributed by atoms with E-state index in [-0.39, 0.29) is 49.7 Å². The second-order valence-corrected chi connectivity index (χ2v) is 25.0. The Labute approximate surface area is 494 Å². The van der Waals surface area contributed by atoms with E-state index < -0.39 is 210 Å². The highest BCUT2D eigenvalue weighted by Gasteiger charge is 2.56. The molecule has 25 nitrogen and oxygen atoms in total. The third-order valence-electron chi connectivity index (χ3n) is 18.8. The minimum Gasteiger partial charge on any atom is -0.507 e. The normalized spacial score (nSPS) is 42.5. The van der Waals surface area contributed by atoms with Gasteiger partial charge in [0.1, 0.15) is 53.5 Å². The lowest BCUT2D eigenvalue weighted by Crippen LogP contribution is -2.58. The highest BCUT2D eigenvalue weighted by Crippen LogP contribution is 2.59. The van der Waals surface area contributed by atoms with E-state index in [9.17, 15) is 55.5 Å². The van der Waals surface area contributed by atoms with Gasteiger partial charge in [0.15, 0.2) is 37.7 Å². The Kier molecular flexibility index (Phi) is 19.3. The zero-order chi connectivity index (χ0) is 61.4. The summed E-state index contributed by atoms with van der Waals surface area (Å²) in [6.07, 6.45) is -15.9. The number of ketones is 2. The summed E-state index contributed by atoms with van der Waals surface area (Å²) in [5.74, 6) is -5.10. The Balaban J connectivity index is 0.902. The van der Waals surface area contributed by atoms with Crippen molar-refractivity contribution in [1.29, 1.82) is 0 Å². The van der Waals surface area contributed by atoms with Crippen molar-refractivity contribution in [3.05, 3.63) is 45.5 Å². The van der Waals surface area contributed by atoms with Crippen molar-refractivity contribution in [3.63, 3.8) is 0 Å². The van der Waals surface area contributed by atoms with Gasteiger partial charge in [-0.2, -0.15) is 0 Å². The van der Waals surface area contributed by atoms with Crippen LogP contribution in [0, 0.1) is 0 Å². The van der Waals surface area contributed by atoms with Gasteiger partial charge in [0.25, 0.3) is 0 Å². The quantitative estimate of drug-likeness (QED) is 0.0985. The van der Waals surface area contributed by atoms with Crippen molar-refractivity contribution in [2.75, 3.05) is 28.2 Å². The standard InChI is InChI=1S/C60H88N2O23/c1-12-60(73)23-38(80-41-19-30(61(8)9)55(26(4)76-41)83-43-21-36(67)57(28(6)78-43)81-39-17-15-32(63)24(2)74-39)47-50(54(72)49-48(53(47)71)51(69)45-34(65)13-14-35(66)46(45)52(49)70)59(60)85-42-20-31(62(10)11)56(27(5)77-42)84-44-22-37(68)58(29(7)79-44)82-40-18-16-33(64)25(3)75-40/h13-14,24-33,36-44,55-59,63-68,71-73H,12,15-23H2,1-11H3. The first-order valence-corrected chi connectivity index (χ1v) is 30.1. The average Bonchev–Trinajstić information content (AvgIpc) is 0.746. The molecule has 0 saturated carbocycles. The Morgan fingerprint density at radius 2 is 0.835 bits per heavy atom. The van der Waals surface area contributed by atoms with E-state index in [1.807, 2.05) is 38.0 Å². The first-order chi connectivity index (χ1) is 40.2. The van der Waals surface area contributed by atoms with Crippen LogP contribution in [-0.2, 0) is 56.8 Å². The topological polar surface area (TPSA) is 333 Å². The lowest BCUT2D eigenvalue weighted by molar-refractivity contribution is -0.334. The van der Waals surface area contributed by atoms with Crippen LogP contribution in [-0.4, -0.2) is 236 Å². The number of aromatic hydroxyl groups is 4. The predicted octanol–water partition coefficient (Wildman–Crippen LogP) is 3.38. The largest absolute Gasteiger partial charge is 0.507 e. The molecule has 6 aliphatic heterocycles. The molecule has 0 amide bonds. The maximum absolute atomic E-state index is 14.6. The van der Waals surface area contributed by atoms with Crippen molar-refractivity contribution in [1.82, 2.24) is 9.80 Å². The zero-order valence-corrected chi connectivity index (χ0v) is 50.2. The van der Waals surface area contributed by atoms with Crippen LogP contribution in [0.1, 0.15) is 168 Å². The number of aliphatic hydroxyl groups excluding tert-OH is 4. The van der Waals surface area contributed by atoms with Crippen LogP contribution >= 0.6 is 0 Å². The molecule has 8 aliphatic rings. The molecule has 2 aromatic rings. The molecule has 25 unspecified atom stereocenters. The number of phenolic OH excluding ortho intramolecular Hbond substituents is 4. The van der Waals surface area contributed by atoms with Gasteiger partial charge in [-0.25, -0.2) is 0 Å². The van der Waals surface area contributed by atoms with Crippen LogP contribution in [0.4, 0.5) is 0 Å². The lowest BCUT2D eigenvalue weighted by atomic mass is 9.70. The minimum atomic E-state index is -1.96. The fourth-order valence-corrected chi connectivity index (χ4v) is 13.9. The number of ether oxygens (including phenoxy) is 12. The smallest absolute Gasteiger partial charge is 0.202 e. The maximum Gasteiger partial charge on any atom is 0.202 e. The van der Waals surface area contributed by atoms with E-state index in [1.54, 1.807) is 48.5 Å². The Hall–Kier alpha value is -3.78. The molecule has 0 aromatic heterocycles. The molecule has 0 radical (unpaired) electrons. The van der Waals surface area contributed by atoms with Crippen LogP contribution in [0.3, 0.4) is 0 Å². The summed E-state index contributed by atoms with van der Waals surface area (Å²) in [5.41, 5.74) is -4.96. The Bertz CT molecular complexity index is 2690. The van der Waals surface area contributed by atoms with Crippen molar-refractivity contribution in [2.45, 2.75) is 266 Å². The summed E-state index contributed by atoms with van der Waals surface area (Å²) in [6.45, 7) is 12.3. The average molecular weight is 1210 g/mol. The monoisotopic (exact) mass is 1200 g/mol. The van der Waals surface area contributed by atoms with Gasteiger partial charge in [-0.1, -0.05) is 6.92 Å². The molecule has 85 heavy (non-hydrogen) atoms. The number of benzene rings is 2. The first-order valence-electron chi connectivity index (χ1n) is 30.1. The molecule has 9 N–H and O–H groups in total. The van der Waals surface area contributed by atoms with Crippen LogP contribution in [0.2, 0.25) is 0 Å². The predicted molar refractivity (Wildman–Crippen MR) is 295 cm³/mol. The summed E-state index contributed by atoms with van der Waals surface area (Å²) in [5, 5.41) is 104. The summed E-state index contributed by atoms with van der Waals surface area (Å²) >= 11 is 0. The van der Waals surface area contributed by atoms with Crippen molar-refractivity contribution >= 4 is 11.6 Å². The van der Waals surface area contributed by atoms with Gasteiger partial charge in [0, 0.05) is 68.2 Å². The molecular weight excluding hydrogens is 1120 g/mol. The van der Waals surface area contributed by atoms with E-state index in [0.717, 1.165) is 12.1 Å². The van der Waals surface area contributed by atoms with Gasteiger partial charge >= 0.3 is 0 Å². The number of likely N-dealkylation sites (N-methyl/N-ethyl adjacent to an activating group) is 2. The molecule has 10 rings (SSSR count). The number of carbonyl (C=O) groups is 2. The third kappa shape index (κ3) is 12.6. The van der Waals surface area contributed by atoms with Gasteiger partial charge in [0.2, 0.25) is 11.6 Å². The van der Waals surface area contributed by atoms with E-state index in [0.29, 0.717) is 25.7 Å². The fourth-order valence-electron chi connectivity index (χ4n) is 13.9. The SMILES string of the molecule is CCC1(O)CC(OC2CC(N(C)C)C(OC3CC(O)C(OC4CCC(O)C(C)O4)C(C)O3)C(C)O2)c2c(O)c3c(c(O)c2C1OC1CC(N(C)C)C(OC2CC(O)C(OC4CCC(O)C(C)O4)C(C)O2)C(C)O1)C(=O)c1c(O)ccc(O)c1C3=O. The van der Waals surface area contributed by atoms with E-state index >= 15 is 0 Å². The second kappa shape index (κ2) is 25.6. The summed E-state index contributed by atoms with van der Waals surface area (Å²) < 4.78 is 76.7. The van der Waals surface area contributed by atoms with E-state index in [4.69, 9.17) is 56.8 Å². The van der Waals surface area contributed by atoms with Crippen LogP contribution in [0.15, 0.2) is 12.1 Å². The molecule has 25 atom stereocenters. The number of fused-ring (bicyclic) bond motifs is 3. The highest BCUT2D eigenvalue weighted by molar-refractivity contribution is 6.32. The first kappa shape index (κ1) is 64.2. The maximum atomic E-state index is 14.6. The van der Waals surface area contributed by atoms with Gasteiger partial charge in [-0.3, -0.25) is 9.59 Å².